The summed E-state index contributed by atoms with van der Waals surface area (Å²) in [5.41, 5.74) is 1.91. The van der Waals surface area contributed by atoms with Gasteiger partial charge in [0.05, 0.1) is 18.6 Å². The highest BCUT2D eigenvalue weighted by Gasteiger charge is 2.19. The van der Waals surface area contributed by atoms with Gasteiger partial charge in [-0.1, -0.05) is 18.2 Å². The van der Waals surface area contributed by atoms with Gasteiger partial charge >= 0.3 is 0 Å². The summed E-state index contributed by atoms with van der Waals surface area (Å²) in [6, 6.07) is 12.6. The van der Waals surface area contributed by atoms with E-state index in [-0.39, 0.29) is 4.90 Å². The smallest absolute Gasteiger partial charge is 0.240 e. The molecule has 0 spiro atoms. The first-order valence-corrected chi connectivity index (χ1v) is 8.96. The molecular weight excluding hydrogens is 314 g/mol. The van der Waals surface area contributed by atoms with E-state index < -0.39 is 10.0 Å². The Morgan fingerprint density at radius 2 is 2.04 bits per heavy atom. The van der Waals surface area contributed by atoms with Crippen molar-refractivity contribution in [2.45, 2.75) is 17.7 Å². The topological polar surface area (TPSA) is 64.6 Å². The number of methoxy groups -OCH3 is 1. The predicted octanol–water partition coefficient (Wildman–Crippen LogP) is 2.15. The molecule has 1 heterocycles. The molecule has 0 bridgehead atoms. The standard InChI is InChI=1S/C17H19NO4S/c1-21-16-5-3-2-4-13(16)8-10-18-23(19,20)15-6-7-17-14(12-15)9-11-22-17/h2-7,12,18H,8-11H2,1H3. The summed E-state index contributed by atoms with van der Waals surface area (Å²) in [6.07, 6.45) is 1.32. The molecule has 6 heteroatoms. The van der Waals surface area contributed by atoms with Gasteiger partial charge in [-0.05, 0) is 41.8 Å². The fraction of sp³-hybridized carbons (Fsp3) is 0.294. The minimum Gasteiger partial charge on any atom is -0.496 e. The Bertz CT molecular complexity index is 802. The molecule has 23 heavy (non-hydrogen) atoms. The molecule has 0 radical (unpaired) electrons. The molecule has 122 valence electrons. The van der Waals surface area contributed by atoms with Crippen LogP contribution >= 0.6 is 0 Å². The van der Waals surface area contributed by atoms with Gasteiger partial charge in [0.1, 0.15) is 11.5 Å². The Hall–Kier alpha value is -2.05. The first-order valence-electron chi connectivity index (χ1n) is 7.47. The maximum Gasteiger partial charge on any atom is 0.240 e. The number of nitrogens with one attached hydrogen (secondary N) is 1. The number of benzene rings is 2. The Morgan fingerprint density at radius 1 is 1.22 bits per heavy atom. The molecule has 0 saturated heterocycles. The zero-order valence-corrected chi connectivity index (χ0v) is 13.7. The molecule has 0 atom stereocenters. The molecule has 2 aromatic carbocycles. The van der Waals surface area contributed by atoms with Crippen LogP contribution in [-0.4, -0.2) is 28.7 Å². The van der Waals surface area contributed by atoms with Crippen LogP contribution in [0.25, 0.3) is 0 Å². The van der Waals surface area contributed by atoms with Gasteiger partial charge in [0.15, 0.2) is 0 Å². The minimum atomic E-state index is -3.52. The average Bonchev–Trinajstić information content (AvgIpc) is 3.02. The van der Waals surface area contributed by atoms with Gasteiger partial charge in [0, 0.05) is 13.0 Å². The zero-order chi connectivity index (χ0) is 16.3. The van der Waals surface area contributed by atoms with E-state index in [0.717, 1.165) is 29.0 Å². The third-order valence-corrected chi connectivity index (χ3v) is 5.31. The molecule has 1 aliphatic rings. The molecule has 0 aliphatic carbocycles. The lowest BCUT2D eigenvalue weighted by Gasteiger charge is -2.10. The Balaban J connectivity index is 1.67. The van der Waals surface area contributed by atoms with Gasteiger partial charge in [-0.25, -0.2) is 13.1 Å². The number of fused-ring (bicyclic) bond motifs is 1. The minimum absolute atomic E-state index is 0.279. The summed E-state index contributed by atoms with van der Waals surface area (Å²) >= 11 is 0. The number of para-hydroxylation sites is 1. The predicted molar refractivity (Wildman–Crippen MR) is 87.5 cm³/mol. The van der Waals surface area contributed by atoms with Gasteiger partial charge in [0.2, 0.25) is 10.0 Å². The van der Waals surface area contributed by atoms with Crippen LogP contribution < -0.4 is 14.2 Å². The van der Waals surface area contributed by atoms with E-state index >= 15 is 0 Å². The van der Waals surface area contributed by atoms with Gasteiger partial charge in [0.25, 0.3) is 0 Å². The summed E-state index contributed by atoms with van der Waals surface area (Å²) in [7, 11) is -1.91. The molecule has 0 saturated carbocycles. The normalized spacial score (nSPS) is 13.4. The molecule has 5 nitrogen and oxygen atoms in total. The summed E-state index contributed by atoms with van der Waals surface area (Å²) in [4.78, 5) is 0.279. The third-order valence-electron chi connectivity index (χ3n) is 3.85. The van der Waals surface area contributed by atoms with Gasteiger partial charge in [-0.15, -0.1) is 0 Å². The van der Waals surface area contributed by atoms with Crippen molar-refractivity contribution in [1.29, 1.82) is 0 Å². The largest absolute Gasteiger partial charge is 0.496 e. The zero-order valence-electron chi connectivity index (χ0n) is 12.9. The van der Waals surface area contributed by atoms with Gasteiger partial charge < -0.3 is 9.47 Å². The Morgan fingerprint density at radius 3 is 2.87 bits per heavy atom. The molecule has 0 amide bonds. The van der Waals surface area contributed by atoms with Crippen LogP contribution in [0.15, 0.2) is 47.4 Å². The summed E-state index contributed by atoms with van der Waals surface area (Å²) in [5.74, 6) is 1.54. The van der Waals surface area contributed by atoms with Crippen molar-refractivity contribution in [2.24, 2.45) is 0 Å². The average molecular weight is 333 g/mol. The lowest BCUT2D eigenvalue weighted by molar-refractivity contribution is 0.356. The number of sulfonamides is 1. The highest BCUT2D eigenvalue weighted by atomic mass is 32.2. The second-order valence-electron chi connectivity index (χ2n) is 5.33. The van der Waals surface area contributed by atoms with Crippen LogP contribution in [0.1, 0.15) is 11.1 Å². The summed E-state index contributed by atoms with van der Waals surface area (Å²) in [6.45, 7) is 0.927. The van der Waals surface area contributed by atoms with E-state index in [2.05, 4.69) is 4.72 Å². The highest BCUT2D eigenvalue weighted by molar-refractivity contribution is 7.89. The van der Waals surface area contributed by atoms with Gasteiger partial charge in [-0.3, -0.25) is 0 Å². The lowest BCUT2D eigenvalue weighted by atomic mass is 10.1. The van der Waals surface area contributed by atoms with Crippen molar-refractivity contribution in [2.75, 3.05) is 20.3 Å². The molecular formula is C17H19NO4S. The lowest BCUT2D eigenvalue weighted by Crippen LogP contribution is -2.26. The van der Waals surface area contributed by atoms with E-state index in [1.807, 2.05) is 24.3 Å². The van der Waals surface area contributed by atoms with Crippen LogP contribution in [0.5, 0.6) is 11.5 Å². The molecule has 1 N–H and O–H groups in total. The van der Waals surface area contributed by atoms with Crippen molar-refractivity contribution in [3.05, 3.63) is 53.6 Å². The highest BCUT2D eigenvalue weighted by Crippen LogP contribution is 2.27. The van der Waals surface area contributed by atoms with E-state index in [1.54, 1.807) is 25.3 Å². The first-order chi connectivity index (χ1) is 11.1. The molecule has 0 aromatic heterocycles. The van der Waals surface area contributed by atoms with Crippen molar-refractivity contribution in [3.8, 4) is 11.5 Å². The van der Waals surface area contributed by atoms with E-state index in [4.69, 9.17) is 9.47 Å². The van der Waals surface area contributed by atoms with Crippen molar-refractivity contribution in [1.82, 2.24) is 4.72 Å². The SMILES string of the molecule is COc1ccccc1CCNS(=O)(=O)c1ccc2c(c1)CCO2. The Kier molecular flexibility index (Phi) is 4.54. The van der Waals surface area contributed by atoms with Crippen LogP contribution in [-0.2, 0) is 22.9 Å². The van der Waals surface area contributed by atoms with Crippen LogP contribution in [0, 0.1) is 0 Å². The van der Waals surface area contributed by atoms with Crippen LogP contribution in [0.4, 0.5) is 0 Å². The maximum absolute atomic E-state index is 12.4. The molecule has 1 aliphatic heterocycles. The van der Waals surface area contributed by atoms with Crippen molar-refractivity contribution >= 4 is 10.0 Å². The van der Waals surface area contributed by atoms with E-state index in [0.29, 0.717) is 19.6 Å². The second kappa shape index (κ2) is 6.60. The molecule has 2 aromatic rings. The summed E-state index contributed by atoms with van der Waals surface area (Å²) in [5, 5.41) is 0. The number of rotatable bonds is 6. The quantitative estimate of drug-likeness (QED) is 0.880. The monoisotopic (exact) mass is 333 g/mol. The maximum atomic E-state index is 12.4. The van der Waals surface area contributed by atoms with E-state index in [1.165, 1.54) is 0 Å². The van der Waals surface area contributed by atoms with Crippen LogP contribution in [0.3, 0.4) is 0 Å². The van der Waals surface area contributed by atoms with Crippen molar-refractivity contribution < 1.29 is 17.9 Å². The van der Waals surface area contributed by atoms with Gasteiger partial charge in [-0.2, -0.15) is 0 Å². The fourth-order valence-corrected chi connectivity index (χ4v) is 3.73. The number of hydrogen-bond donors (Lipinski definition) is 1. The summed E-state index contributed by atoms with van der Waals surface area (Å²) < 4.78 is 38.1. The van der Waals surface area contributed by atoms with E-state index in [9.17, 15) is 8.42 Å². The third kappa shape index (κ3) is 3.48. The second-order valence-corrected chi connectivity index (χ2v) is 7.09. The van der Waals surface area contributed by atoms with Crippen LogP contribution in [0.2, 0.25) is 0 Å². The fourth-order valence-electron chi connectivity index (χ4n) is 2.64. The first kappa shape index (κ1) is 15.8. The molecule has 3 rings (SSSR count). The number of ether oxygens (including phenoxy) is 2. The van der Waals surface area contributed by atoms with Crippen molar-refractivity contribution in [3.63, 3.8) is 0 Å². The molecule has 0 fully saturated rings. The Labute approximate surface area is 136 Å². The number of hydrogen-bond acceptors (Lipinski definition) is 4. The molecule has 0 unspecified atom stereocenters.